The zero-order chi connectivity index (χ0) is 14.7. The molecule has 1 aromatic heterocycles. The fraction of sp³-hybridized carbons (Fsp3) is 0.786. The van der Waals surface area contributed by atoms with Crippen molar-refractivity contribution in [3.8, 4) is 0 Å². The Morgan fingerprint density at radius 3 is 2.90 bits per heavy atom. The van der Waals surface area contributed by atoms with Crippen molar-refractivity contribution in [1.82, 2.24) is 20.5 Å². The first kappa shape index (κ1) is 14.3. The van der Waals surface area contributed by atoms with Gasteiger partial charge in [0, 0.05) is 19.0 Å². The van der Waals surface area contributed by atoms with Crippen LogP contribution in [0.4, 0.5) is 4.79 Å². The molecule has 7 nitrogen and oxygen atoms in total. The molecular formula is C14H22N4O3. The molecule has 1 N–H and O–H groups in total. The molecule has 1 saturated carbocycles. The molecule has 1 aliphatic carbocycles. The third-order valence-electron chi connectivity index (χ3n) is 4.55. The van der Waals surface area contributed by atoms with Crippen LogP contribution in [-0.2, 0) is 11.3 Å². The average molecular weight is 294 g/mol. The lowest BCUT2D eigenvalue weighted by atomic mass is 9.76. The van der Waals surface area contributed by atoms with Crippen molar-refractivity contribution in [1.29, 1.82) is 0 Å². The monoisotopic (exact) mass is 294 g/mol. The van der Waals surface area contributed by atoms with E-state index in [4.69, 9.17) is 4.74 Å². The van der Waals surface area contributed by atoms with E-state index in [1.165, 1.54) is 19.3 Å². The normalized spacial score (nSPS) is 23.5. The third kappa shape index (κ3) is 3.34. The molecule has 21 heavy (non-hydrogen) atoms. The summed E-state index contributed by atoms with van der Waals surface area (Å²) in [4.78, 5) is 14.2. The first-order valence-corrected chi connectivity index (χ1v) is 7.62. The summed E-state index contributed by atoms with van der Waals surface area (Å²) in [7, 11) is 0. The lowest BCUT2D eigenvalue weighted by Crippen LogP contribution is -2.44. The summed E-state index contributed by atoms with van der Waals surface area (Å²) in [5, 5.41) is 10.4. The molecule has 2 fully saturated rings. The van der Waals surface area contributed by atoms with Crippen LogP contribution in [-0.4, -0.2) is 47.5 Å². The van der Waals surface area contributed by atoms with E-state index in [0.29, 0.717) is 37.0 Å². The number of aromatic nitrogens is 2. The van der Waals surface area contributed by atoms with Gasteiger partial charge in [-0.1, -0.05) is 29.6 Å². The van der Waals surface area contributed by atoms with E-state index >= 15 is 0 Å². The van der Waals surface area contributed by atoms with E-state index in [2.05, 4.69) is 20.3 Å². The molecule has 1 unspecified atom stereocenters. The van der Waals surface area contributed by atoms with Crippen LogP contribution in [0.5, 0.6) is 0 Å². The Morgan fingerprint density at radius 2 is 2.24 bits per heavy atom. The Morgan fingerprint density at radius 1 is 1.38 bits per heavy atom. The maximum absolute atomic E-state index is 12.3. The highest BCUT2D eigenvalue weighted by molar-refractivity contribution is 5.74. The van der Waals surface area contributed by atoms with Gasteiger partial charge in [-0.3, -0.25) is 0 Å². The van der Waals surface area contributed by atoms with Crippen molar-refractivity contribution in [2.75, 3.05) is 26.3 Å². The van der Waals surface area contributed by atoms with Gasteiger partial charge in [0.2, 0.25) is 0 Å². The second-order valence-electron chi connectivity index (χ2n) is 5.93. The SMILES string of the molecule is Cc1nonc1CNC(=O)N1CCOCC(C2CCC2)C1. The highest BCUT2D eigenvalue weighted by Crippen LogP contribution is 2.34. The number of ether oxygens (including phenoxy) is 1. The molecule has 1 atom stereocenters. The van der Waals surface area contributed by atoms with Crippen molar-refractivity contribution in [2.45, 2.75) is 32.7 Å². The minimum Gasteiger partial charge on any atom is -0.379 e. The second kappa shape index (κ2) is 6.43. The molecule has 1 aromatic rings. The van der Waals surface area contributed by atoms with Crippen molar-refractivity contribution >= 4 is 6.03 Å². The maximum atomic E-state index is 12.3. The molecule has 2 aliphatic rings. The summed E-state index contributed by atoms with van der Waals surface area (Å²) in [5.74, 6) is 1.20. The lowest BCUT2D eigenvalue weighted by molar-refractivity contribution is 0.0775. The van der Waals surface area contributed by atoms with Gasteiger partial charge in [0.05, 0.1) is 19.8 Å². The first-order valence-electron chi connectivity index (χ1n) is 7.62. The Hall–Kier alpha value is -1.63. The molecule has 7 heteroatoms. The average Bonchev–Trinajstić information content (AvgIpc) is 2.68. The van der Waals surface area contributed by atoms with Gasteiger partial charge in [0.1, 0.15) is 11.4 Å². The largest absolute Gasteiger partial charge is 0.379 e. The zero-order valence-corrected chi connectivity index (χ0v) is 12.4. The maximum Gasteiger partial charge on any atom is 0.317 e. The van der Waals surface area contributed by atoms with Crippen molar-refractivity contribution in [3.63, 3.8) is 0 Å². The van der Waals surface area contributed by atoms with Gasteiger partial charge in [-0.05, 0) is 12.8 Å². The van der Waals surface area contributed by atoms with Gasteiger partial charge in [0.25, 0.3) is 0 Å². The van der Waals surface area contributed by atoms with Crippen molar-refractivity contribution in [3.05, 3.63) is 11.4 Å². The molecule has 0 spiro atoms. The summed E-state index contributed by atoms with van der Waals surface area (Å²) in [6.45, 7) is 4.98. The van der Waals surface area contributed by atoms with Crippen LogP contribution in [0.25, 0.3) is 0 Å². The molecule has 2 amide bonds. The Labute approximate surface area is 124 Å². The number of amides is 2. The number of hydrogen-bond acceptors (Lipinski definition) is 5. The van der Waals surface area contributed by atoms with Gasteiger partial charge in [0.15, 0.2) is 0 Å². The van der Waals surface area contributed by atoms with Crippen LogP contribution in [0.3, 0.4) is 0 Å². The standard InChI is InChI=1S/C14H22N4O3/c1-10-13(17-21-16-10)7-15-14(19)18-5-6-20-9-12(8-18)11-3-2-4-11/h11-12H,2-9H2,1H3,(H,15,19). The Kier molecular flexibility index (Phi) is 4.38. The predicted octanol–water partition coefficient (Wildman–Crippen LogP) is 1.34. The first-order chi connectivity index (χ1) is 10.2. The number of aryl methyl sites for hydroxylation is 1. The number of rotatable bonds is 3. The van der Waals surface area contributed by atoms with Crippen molar-refractivity contribution < 1.29 is 14.2 Å². The lowest BCUT2D eigenvalue weighted by Gasteiger charge is -2.34. The van der Waals surface area contributed by atoms with Gasteiger partial charge in [-0.15, -0.1) is 0 Å². The quantitative estimate of drug-likeness (QED) is 0.909. The van der Waals surface area contributed by atoms with Crippen LogP contribution in [0.1, 0.15) is 30.7 Å². The molecule has 116 valence electrons. The number of nitrogens with zero attached hydrogens (tertiary/aromatic N) is 3. The van der Waals surface area contributed by atoms with Gasteiger partial charge < -0.3 is 15.0 Å². The molecule has 1 saturated heterocycles. The summed E-state index contributed by atoms with van der Waals surface area (Å²) in [5.41, 5.74) is 1.38. The number of carbonyl (C=O) groups excluding carboxylic acids is 1. The number of carbonyl (C=O) groups is 1. The Balaban J connectivity index is 1.53. The molecule has 2 heterocycles. The summed E-state index contributed by atoms with van der Waals surface area (Å²) >= 11 is 0. The molecule has 0 aromatic carbocycles. The van der Waals surface area contributed by atoms with Gasteiger partial charge in [-0.2, -0.15) is 0 Å². The second-order valence-corrected chi connectivity index (χ2v) is 5.93. The van der Waals surface area contributed by atoms with Crippen LogP contribution >= 0.6 is 0 Å². The van der Waals surface area contributed by atoms with Gasteiger partial charge in [-0.25, -0.2) is 9.42 Å². The van der Waals surface area contributed by atoms with E-state index in [1.54, 1.807) is 0 Å². The summed E-state index contributed by atoms with van der Waals surface area (Å²) in [6, 6.07) is -0.0628. The minimum atomic E-state index is -0.0628. The molecule has 0 radical (unpaired) electrons. The Bertz CT molecular complexity index is 486. The molecule has 3 rings (SSSR count). The summed E-state index contributed by atoms with van der Waals surface area (Å²) < 4.78 is 10.3. The van der Waals surface area contributed by atoms with E-state index in [9.17, 15) is 4.79 Å². The highest BCUT2D eigenvalue weighted by Gasteiger charge is 2.31. The smallest absolute Gasteiger partial charge is 0.317 e. The topological polar surface area (TPSA) is 80.5 Å². The fourth-order valence-electron chi connectivity index (χ4n) is 2.90. The summed E-state index contributed by atoms with van der Waals surface area (Å²) in [6.07, 6.45) is 3.85. The number of urea groups is 1. The van der Waals surface area contributed by atoms with Crippen LogP contribution in [0.15, 0.2) is 4.63 Å². The van der Waals surface area contributed by atoms with E-state index in [-0.39, 0.29) is 6.03 Å². The van der Waals surface area contributed by atoms with E-state index in [1.807, 2.05) is 11.8 Å². The zero-order valence-electron chi connectivity index (χ0n) is 12.4. The van der Waals surface area contributed by atoms with Crippen LogP contribution < -0.4 is 5.32 Å². The third-order valence-corrected chi connectivity index (χ3v) is 4.55. The number of hydrogen-bond donors (Lipinski definition) is 1. The number of nitrogens with one attached hydrogen (secondary N) is 1. The molecular weight excluding hydrogens is 272 g/mol. The van der Waals surface area contributed by atoms with Crippen LogP contribution in [0, 0.1) is 18.8 Å². The van der Waals surface area contributed by atoms with E-state index < -0.39 is 0 Å². The van der Waals surface area contributed by atoms with Gasteiger partial charge >= 0.3 is 6.03 Å². The van der Waals surface area contributed by atoms with Crippen LogP contribution in [0.2, 0.25) is 0 Å². The highest BCUT2D eigenvalue weighted by atomic mass is 16.6. The van der Waals surface area contributed by atoms with Crippen molar-refractivity contribution in [2.24, 2.45) is 11.8 Å². The minimum absolute atomic E-state index is 0.0628. The molecule has 1 aliphatic heterocycles. The van der Waals surface area contributed by atoms with E-state index in [0.717, 1.165) is 19.1 Å². The molecule has 0 bridgehead atoms. The predicted molar refractivity (Wildman–Crippen MR) is 74.5 cm³/mol. The fourth-order valence-corrected chi connectivity index (χ4v) is 2.90.